The Labute approximate surface area is 113 Å². The first kappa shape index (κ1) is 11.5. The molecule has 19 heavy (non-hydrogen) atoms. The van der Waals surface area contributed by atoms with Crippen molar-refractivity contribution in [1.29, 1.82) is 0 Å². The monoisotopic (exact) mass is 246 g/mol. The van der Waals surface area contributed by atoms with Gasteiger partial charge in [-0.05, 0) is 11.1 Å². The Balaban J connectivity index is 1.83. The lowest BCUT2D eigenvalue weighted by Crippen LogP contribution is -2.24. The third-order valence-electron chi connectivity index (χ3n) is 2.93. The molecule has 3 rings (SSSR count). The summed E-state index contributed by atoms with van der Waals surface area (Å²) < 4.78 is 2.01. The Morgan fingerprint density at radius 2 is 1.58 bits per heavy atom. The first-order valence-corrected chi connectivity index (χ1v) is 6.24. The number of hydrogen-bond donors (Lipinski definition) is 0. The van der Waals surface area contributed by atoms with Gasteiger partial charge in [-0.15, -0.1) is 0 Å². The predicted octanol–water partition coefficient (Wildman–Crippen LogP) is 3.90. The summed E-state index contributed by atoms with van der Waals surface area (Å²) in [6.07, 6.45) is 13.8. The molecule has 1 aliphatic heterocycles. The zero-order chi connectivity index (χ0) is 12.9. The van der Waals surface area contributed by atoms with E-state index >= 15 is 0 Å². The normalized spacial score (nSPS) is 15.5. The number of pyridine rings is 1. The number of hydrogen-bond acceptors (Lipinski definition) is 0. The average Bonchev–Trinajstić information content (AvgIpc) is 2.50. The fourth-order valence-corrected chi connectivity index (χ4v) is 1.95. The molecule has 0 bridgehead atoms. The van der Waals surface area contributed by atoms with Crippen LogP contribution in [0.15, 0.2) is 85.0 Å². The summed E-state index contributed by atoms with van der Waals surface area (Å²) in [4.78, 5) is 0. The van der Waals surface area contributed by atoms with Crippen LogP contribution in [0.2, 0.25) is 0 Å². The molecule has 0 unspecified atom stereocenters. The minimum atomic E-state index is 0.944. The van der Waals surface area contributed by atoms with Crippen molar-refractivity contribution in [2.24, 2.45) is 0 Å². The zero-order valence-electron chi connectivity index (χ0n) is 10.5. The van der Waals surface area contributed by atoms with E-state index in [4.69, 9.17) is 0 Å². The Kier molecular flexibility index (Phi) is 3.24. The van der Waals surface area contributed by atoms with Crippen molar-refractivity contribution >= 4 is 6.20 Å². The highest BCUT2D eigenvalue weighted by atomic mass is 14.9. The summed E-state index contributed by atoms with van der Waals surface area (Å²) in [6.45, 7) is 0. The van der Waals surface area contributed by atoms with Crippen molar-refractivity contribution in [2.45, 2.75) is 0 Å². The van der Waals surface area contributed by atoms with Crippen LogP contribution in [-0.2, 0) is 0 Å². The molecule has 0 saturated carbocycles. The molecule has 0 atom stereocenters. The average molecular weight is 246 g/mol. The van der Waals surface area contributed by atoms with Gasteiger partial charge in [-0.2, -0.15) is 10.8 Å². The van der Waals surface area contributed by atoms with Crippen molar-refractivity contribution in [2.75, 3.05) is 0 Å². The van der Waals surface area contributed by atoms with Crippen LogP contribution in [0.4, 0.5) is 0 Å². The molecule has 0 spiro atoms. The molecule has 0 radical (unpaired) electrons. The molecular weight excluding hydrogens is 232 g/mol. The minimum absolute atomic E-state index is 0.944. The number of allylic oxidation sites excluding steroid dienone is 3. The summed E-state index contributed by atoms with van der Waals surface area (Å²) in [5.74, 6) is 0. The van der Waals surface area contributed by atoms with Gasteiger partial charge in [-0.25, -0.2) is 0 Å². The summed E-state index contributed by atoms with van der Waals surface area (Å²) in [7, 11) is 0. The highest BCUT2D eigenvalue weighted by molar-refractivity contribution is 5.62. The smallest absolute Gasteiger partial charge is 0.175 e. The highest BCUT2D eigenvalue weighted by Crippen LogP contribution is 2.17. The molecule has 1 aromatic carbocycles. The maximum absolute atomic E-state index is 4.28. The first-order valence-electron chi connectivity index (χ1n) is 6.24. The molecule has 0 saturated heterocycles. The molecule has 2 heteroatoms. The third-order valence-corrected chi connectivity index (χ3v) is 2.93. The summed E-state index contributed by atoms with van der Waals surface area (Å²) >= 11 is 0. The molecule has 2 aromatic rings. The van der Waals surface area contributed by atoms with Crippen molar-refractivity contribution in [1.82, 2.24) is 0 Å². The molecule has 0 amide bonds. The van der Waals surface area contributed by atoms with Gasteiger partial charge >= 0.3 is 0 Å². The van der Waals surface area contributed by atoms with Crippen LogP contribution in [0.5, 0.6) is 0 Å². The topological polar surface area (TPSA) is 18.0 Å². The van der Waals surface area contributed by atoms with Gasteiger partial charge in [0.15, 0.2) is 18.6 Å². The second kappa shape index (κ2) is 5.36. The second-order valence-electron chi connectivity index (χ2n) is 4.28. The van der Waals surface area contributed by atoms with Crippen LogP contribution in [0, 0.1) is 0 Å². The molecule has 0 aliphatic carbocycles. The zero-order valence-corrected chi connectivity index (χ0v) is 10.5. The predicted molar refractivity (Wildman–Crippen MR) is 78.0 cm³/mol. The Morgan fingerprint density at radius 1 is 0.842 bits per heavy atom. The van der Waals surface area contributed by atoms with Gasteiger partial charge in [0, 0.05) is 12.1 Å². The number of nitrogens with zero attached hydrogens (tertiary/aromatic N) is 2. The molecule has 1 aromatic heterocycles. The van der Waals surface area contributed by atoms with Crippen molar-refractivity contribution in [3.63, 3.8) is 0 Å². The Bertz CT molecular complexity index is 635. The van der Waals surface area contributed by atoms with Gasteiger partial charge in [0.25, 0.3) is 0 Å². The quantitative estimate of drug-likeness (QED) is 0.715. The largest absolute Gasteiger partial charge is 0.659 e. The van der Waals surface area contributed by atoms with Gasteiger partial charge in [0.2, 0.25) is 0 Å². The van der Waals surface area contributed by atoms with Crippen LogP contribution in [0.1, 0.15) is 0 Å². The molecule has 1 aliphatic rings. The van der Waals surface area contributed by atoms with Crippen molar-refractivity contribution in [3.8, 4) is 11.1 Å². The van der Waals surface area contributed by atoms with Gasteiger partial charge in [-0.3, -0.25) is 0 Å². The standard InChI is InChI=1S/C17H14N2/c1-2-6-15(7-3-1)16-9-12-19(13-10-16)14-17-8-4-5-11-18-17/h1-14H/b17-14+. The molecule has 2 nitrogen and oxygen atoms in total. The molecule has 0 N–H and O–H groups in total. The molecule has 2 heterocycles. The van der Waals surface area contributed by atoms with E-state index in [-0.39, 0.29) is 0 Å². The Morgan fingerprint density at radius 3 is 2.26 bits per heavy atom. The first-order chi connectivity index (χ1) is 9.42. The van der Waals surface area contributed by atoms with Crippen molar-refractivity contribution in [3.05, 3.63) is 90.3 Å². The van der Waals surface area contributed by atoms with Crippen molar-refractivity contribution < 1.29 is 4.57 Å². The number of rotatable bonds is 2. The van der Waals surface area contributed by atoms with E-state index in [2.05, 4.69) is 41.7 Å². The summed E-state index contributed by atoms with van der Waals surface area (Å²) in [5, 5.41) is 4.28. The third kappa shape index (κ3) is 2.80. The van der Waals surface area contributed by atoms with E-state index in [1.807, 2.05) is 47.5 Å². The number of benzene rings is 1. The van der Waals surface area contributed by atoms with E-state index in [1.165, 1.54) is 11.1 Å². The lowest BCUT2D eigenvalue weighted by molar-refractivity contribution is -0.568. The summed E-state index contributed by atoms with van der Waals surface area (Å²) in [6, 6.07) is 14.6. The minimum Gasteiger partial charge on any atom is -0.659 e. The maximum atomic E-state index is 4.28. The van der Waals surface area contributed by atoms with Gasteiger partial charge < -0.3 is 5.32 Å². The lowest BCUT2D eigenvalue weighted by atomic mass is 10.1. The highest BCUT2D eigenvalue weighted by Gasteiger charge is 2.00. The van der Waals surface area contributed by atoms with E-state index in [9.17, 15) is 0 Å². The molecular formula is C17H14N2. The van der Waals surface area contributed by atoms with Crippen LogP contribution in [0.3, 0.4) is 0 Å². The van der Waals surface area contributed by atoms with Gasteiger partial charge in [0.1, 0.15) is 0 Å². The molecule has 92 valence electrons. The second-order valence-corrected chi connectivity index (χ2v) is 4.28. The van der Waals surface area contributed by atoms with Crippen LogP contribution in [0.25, 0.3) is 22.6 Å². The molecule has 0 fully saturated rings. The number of aromatic nitrogens is 1. The summed E-state index contributed by atoms with van der Waals surface area (Å²) in [5.41, 5.74) is 3.39. The van der Waals surface area contributed by atoms with E-state index in [1.54, 1.807) is 6.20 Å². The fourth-order valence-electron chi connectivity index (χ4n) is 1.95. The fraction of sp³-hybridized carbons (Fsp3) is 0. The van der Waals surface area contributed by atoms with Crippen LogP contribution in [-0.4, -0.2) is 0 Å². The van der Waals surface area contributed by atoms with Gasteiger partial charge in [0.05, 0.1) is 0 Å². The van der Waals surface area contributed by atoms with Crippen LogP contribution >= 0.6 is 0 Å². The maximum Gasteiger partial charge on any atom is 0.175 e. The van der Waals surface area contributed by atoms with E-state index in [0.29, 0.717) is 0 Å². The van der Waals surface area contributed by atoms with E-state index < -0.39 is 0 Å². The van der Waals surface area contributed by atoms with E-state index in [0.717, 1.165) is 5.70 Å². The van der Waals surface area contributed by atoms with Crippen LogP contribution < -0.4 is 4.57 Å². The lowest BCUT2D eigenvalue weighted by Gasteiger charge is -2.17. The Hall–Kier alpha value is -2.61. The SMILES string of the molecule is C1=C[N-]/C(=C/[n+]2ccc(-c3ccccc3)cc2)C=C1. The van der Waals surface area contributed by atoms with Gasteiger partial charge in [-0.1, -0.05) is 54.3 Å².